The van der Waals surface area contributed by atoms with Gasteiger partial charge in [-0.15, -0.1) is 0 Å². The minimum absolute atomic E-state index is 0.0493. The van der Waals surface area contributed by atoms with E-state index >= 15 is 0 Å². The lowest BCUT2D eigenvalue weighted by Gasteiger charge is -2.35. The van der Waals surface area contributed by atoms with Crippen LogP contribution in [-0.2, 0) is 19.7 Å². The molecule has 9 nitrogen and oxygen atoms in total. The normalized spacial score (nSPS) is 16.7. The van der Waals surface area contributed by atoms with Crippen molar-refractivity contribution in [2.45, 2.75) is 26.8 Å². The Kier molecular flexibility index (Phi) is 7.23. The second-order valence-corrected chi connectivity index (χ2v) is 7.61. The summed E-state index contributed by atoms with van der Waals surface area (Å²) in [5.41, 5.74) is 0. The molecule has 0 atom stereocenters. The third kappa shape index (κ3) is 5.63. The van der Waals surface area contributed by atoms with Gasteiger partial charge in [-0.25, -0.2) is 4.79 Å². The highest BCUT2D eigenvalue weighted by molar-refractivity contribution is 7.86. The number of piperazine rings is 1. The maximum absolute atomic E-state index is 12.4. The molecule has 0 saturated carbocycles. The summed E-state index contributed by atoms with van der Waals surface area (Å²) in [5.74, 6) is -0.351. The monoisotopic (exact) mass is 350 g/mol. The van der Waals surface area contributed by atoms with Gasteiger partial charge >= 0.3 is 6.09 Å². The van der Waals surface area contributed by atoms with E-state index in [1.165, 1.54) is 16.3 Å². The van der Waals surface area contributed by atoms with Crippen LogP contribution in [0.4, 0.5) is 4.79 Å². The van der Waals surface area contributed by atoms with Gasteiger partial charge < -0.3 is 15.0 Å². The number of likely N-dealkylation sites (N-methyl/N-ethyl adjacent to an activating group) is 1. The fourth-order valence-electron chi connectivity index (χ4n) is 2.16. The van der Waals surface area contributed by atoms with Gasteiger partial charge in [-0.3, -0.25) is 4.79 Å². The molecule has 1 aliphatic rings. The van der Waals surface area contributed by atoms with Crippen LogP contribution in [-0.4, -0.2) is 86.3 Å². The van der Waals surface area contributed by atoms with Gasteiger partial charge in [0.1, 0.15) is 0 Å². The first kappa shape index (κ1) is 19.7. The van der Waals surface area contributed by atoms with E-state index in [4.69, 9.17) is 4.74 Å². The predicted molar refractivity (Wildman–Crippen MR) is 85.0 cm³/mol. The molecule has 0 aromatic rings. The van der Waals surface area contributed by atoms with Gasteiger partial charge in [0, 0.05) is 39.3 Å². The fraction of sp³-hybridized carbons (Fsp3) is 0.846. The van der Waals surface area contributed by atoms with E-state index < -0.39 is 16.3 Å². The molecule has 2 amide bonds. The van der Waals surface area contributed by atoms with Crippen LogP contribution in [0.5, 0.6) is 0 Å². The van der Waals surface area contributed by atoms with Crippen LogP contribution in [0.15, 0.2) is 0 Å². The minimum Gasteiger partial charge on any atom is -0.450 e. The summed E-state index contributed by atoms with van der Waals surface area (Å²) in [5, 5.41) is 2.65. The molecule has 134 valence electrons. The van der Waals surface area contributed by atoms with Crippen LogP contribution >= 0.6 is 0 Å². The highest BCUT2D eigenvalue weighted by atomic mass is 32.2. The smallest absolute Gasteiger partial charge is 0.409 e. The van der Waals surface area contributed by atoms with E-state index in [2.05, 4.69) is 5.32 Å². The number of carbonyl (C=O) groups excluding carboxylic acids is 2. The van der Waals surface area contributed by atoms with Crippen molar-refractivity contribution < 1.29 is 22.7 Å². The Morgan fingerprint density at radius 2 is 1.78 bits per heavy atom. The zero-order valence-corrected chi connectivity index (χ0v) is 14.9. The highest BCUT2D eigenvalue weighted by Crippen LogP contribution is 2.11. The van der Waals surface area contributed by atoms with Crippen molar-refractivity contribution in [2.75, 3.05) is 46.4 Å². The number of amides is 2. The van der Waals surface area contributed by atoms with Gasteiger partial charge in [-0.2, -0.15) is 17.0 Å². The number of hydrogen-bond donors (Lipinski definition) is 1. The summed E-state index contributed by atoms with van der Waals surface area (Å²) in [4.78, 5) is 24.8. The minimum atomic E-state index is -3.73. The van der Waals surface area contributed by atoms with Gasteiger partial charge in [0.2, 0.25) is 5.91 Å². The molecule has 1 aliphatic heterocycles. The van der Waals surface area contributed by atoms with E-state index in [0.717, 1.165) is 4.31 Å². The fourth-order valence-corrected chi connectivity index (χ4v) is 3.46. The zero-order chi connectivity index (χ0) is 17.6. The molecular formula is C13H26N4O5S. The average Bonchev–Trinajstić information content (AvgIpc) is 2.46. The first-order chi connectivity index (χ1) is 10.7. The SMILES string of the molecule is CCOC(=O)N1CCN(S(=O)(=O)N(C)CC(=O)NC(C)C)CC1. The molecule has 0 aromatic heterocycles. The summed E-state index contributed by atoms with van der Waals surface area (Å²) < 4.78 is 32.1. The van der Waals surface area contributed by atoms with E-state index in [1.54, 1.807) is 20.8 Å². The first-order valence-electron chi connectivity index (χ1n) is 7.61. The Morgan fingerprint density at radius 1 is 1.22 bits per heavy atom. The summed E-state index contributed by atoms with van der Waals surface area (Å²) in [6, 6.07) is -0.0493. The summed E-state index contributed by atoms with van der Waals surface area (Å²) in [6.45, 7) is 6.27. The molecule has 1 N–H and O–H groups in total. The zero-order valence-electron chi connectivity index (χ0n) is 14.1. The van der Waals surface area contributed by atoms with Crippen molar-refractivity contribution in [3.8, 4) is 0 Å². The molecule has 1 heterocycles. The standard InChI is InChI=1S/C13H26N4O5S/c1-5-22-13(19)16-6-8-17(9-7-16)23(20,21)15(4)10-12(18)14-11(2)3/h11H,5-10H2,1-4H3,(H,14,18). The molecule has 0 aromatic carbocycles. The first-order valence-corrected chi connectivity index (χ1v) is 9.00. The molecular weight excluding hydrogens is 324 g/mol. The highest BCUT2D eigenvalue weighted by Gasteiger charge is 2.32. The van der Waals surface area contributed by atoms with Crippen LogP contribution in [0.2, 0.25) is 0 Å². The van der Waals surface area contributed by atoms with Crippen LogP contribution in [0.3, 0.4) is 0 Å². The van der Waals surface area contributed by atoms with Crippen molar-refractivity contribution in [3.05, 3.63) is 0 Å². The van der Waals surface area contributed by atoms with Crippen molar-refractivity contribution in [3.63, 3.8) is 0 Å². The van der Waals surface area contributed by atoms with Crippen molar-refractivity contribution in [1.29, 1.82) is 0 Å². The van der Waals surface area contributed by atoms with Gasteiger partial charge in [-0.05, 0) is 20.8 Å². The van der Waals surface area contributed by atoms with Crippen LogP contribution in [0, 0.1) is 0 Å². The molecule has 10 heteroatoms. The molecule has 0 unspecified atom stereocenters. The lowest BCUT2D eigenvalue weighted by molar-refractivity contribution is -0.121. The summed E-state index contributed by atoms with van der Waals surface area (Å²) in [6.07, 6.45) is -0.436. The number of rotatable bonds is 6. The average molecular weight is 350 g/mol. The molecule has 23 heavy (non-hydrogen) atoms. The van der Waals surface area contributed by atoms with E-state index in [1.807, 2.05) is 0 Å². The lowest BCUT2D eigenvalue weighted by Crippen LogP contribution is -2.54. The molecule has 0 spiro atoms. The van der Waals surface area contributed by atoms with Crippen molar-refractivity contribution >= 4 is 22.2 Å². The predicted octanol–water partition coefficient (Wildman–Crippen LogP) is -0.538. The Balaban J connectivity index is 2.58. The Bertz CT molecular complexity index is 514. The molecule has 0 aliphatic carbocycles. The molecule has 1 fully saturated rings. The van der Waals surface area contributed by atoms with Crippen LogP contribution in [0.25, 0.3) is 0 Å². The topological polar surface area (TPSA) is 99.3 Å². The Labute approximate surface area is 137 Å². The van der Waals surface area contributed by atoms with Crippen molar-refractivity contribution in [2.24, 2.45) is 0 Å². The number of carbonyl (C=O) groups is 2. The summed E-state index contributed by atoms with van der Waals surface area (Å²) >= 11 is 0. The Morgan fingerprint density at radius 3 is 2.26 bits per heavy atom. The molecule has 1 rings (SSSR count). The lowest BCUT2D eigenvalue weighted by atomic mass is 10.4. The van der Waals surface area contributed by atoms with Gasteiger partial charge in [0.05, 0.1) is 13.2 Å². The number of nitrogens with one attached hydrogen (secondary N) is 1. The number of nitrogens with zero attached hydrogens (tertiary/aromatic N) is 3. The molecule has 0 radical (unpaired) electrons. The van der Waals surface area contributed by atoms with Crippen molar-refractivity contribution in [1.82, 2.24) is 18.8 Å². The number of ether oxygens (including phenoxy) is 1. The largest absolute Gasteiger partial charge is 0.450 e. The molecule has 1 saturated heterocycles. The summed E-state index contributed by atoms with van der Waals surface area (Å²) in [7, 11) is -2.36. The maximum Gasteiger partial charge on any atom is 0.409 e. The van der Waals surface area contributed by atoms with Gasteiger partial charge in [0.25, 0.3) is 10.2 Å². The maximum atomic E-state index is 12.4. The van der Waals surface area contributed by atoms with Gasteiger partial charge in [0.15, 0.2) is 0 Å². The quantitative estimate of drug-likeness (QED) is 0.694. The molecule has 0 bridgehead atoms. The van der Waals surface area contributed by atoms with Crippen LogP contribution < -0.4 is 5.32 Å². The third-order valence-electron chi connectivity index (χ3n) is 3.30. The Hall–Kier alpha value is -1.39. The third-order valence-corrected chi connectivity index (χ3v) is 5.24. The van der Waals surface area contributed by atoms with E-state index in [9.17, 15) is 18.0 Å². The van der Waals surface area contributed by atoms with Crippen LogP contribution in [0.1, 0.15) is 20.8 Å². The number of hydrogen-bond acceptors (Lipinski definition) is 5. The van der Waals surface area contributed by atoms with Gasteiger partial charge in [-0.1, -0.05) is 0 Å². The second-order valence-electron chi connectivity index (χ2n) is 5.57. The van der Waals surface area contributed by atoms with E-state index in [-0.39, 0.29) is 51.3 Å². The second kappa shape index (κ2) is 8.46. The van der Waals surface area contributed by atoms with E-state index in [0.29, 0.717) is 0 Å².